The average Bonchev–Trinajstić information content (AvgIpc) is 2.92. The lowest BCUT2D eigenvalue weighted by atomic mass is 10.1. The minimum Gasteiger partial charge on any atom is -0.495 e. The van der Waals surface area contributed by atoms with Gasteiger partial charge in [0.15, 0.2) is 6.10 Å². The van der Waals surface area contributed by atoms with Crippen LogP contribution in [0.15, 0.2) is 83.9 Å². The number of nitrogens with zero attached hydrogens (tertiary/aromatic N) is 2. The Labute approximate surface area is 204 Å². The molecular formula is C26H26N2O6S. The number of carbonyl (C=O) groups excluding carboxylic acids is 1. The molecule has 0 spiro atoms. The minimum atomic E-state index is -3.79. The van der Waals surface area contributed by atoms with E-state index in [1.54, 1.807) is 30.5 Å². The number of benzene rings is 2. The molecule has 3 aromatic rings. The third kappa shape index (κ3) is 5.94. The summed E-state index contributed by atoms with van der Waals surface area (Å²) >= 11 is 0. The van der Waals surface area contributed by atoms with Crippen molar-refractivity contribution in [3.05, 3.63) is 95.8 Å². The summed E-state index contributed by atoms with van der Waals surface area (Å²) in [5, 5.41) is 0. The van der Waals surface area contributed by atoms with Crippen molar-refractivity contribution in [2.24, 2.45) is 0 Å². The second kappa shape index (κ2) is 11.3. The molecule has 1 fully saturated rings. The highest BCUT2D eigenvalue weighted by atomic mass is 32.2. The quantitative estimate of drug-likeness (QED) is 0.350. The molecule has 0 aliphatic carbocycles. The molecule has 0 bridgehead atoms. The number of hydrogen-bond donors (Lipinski definition) is 0. The fraction of sp³-hybridized carbons (Fsp3) is 0.231. The van der Waals surface area contributed by atoms with E-state index in [1.165, 1.54) is 29.6 Å². The van der Waals surface area contributed by atoms with Crippen LogP contribution in [0.5, 0.6) is 5.75 Å². The number of sulfonamides is 1. The van der Waals surface area contributed by atoms with Gasteiger partial charge in [-0.15, -0.1) is 0 Å². The van der Waals surface area contributed by atoms with Gasteiger partial charge in [-0.3, -0.25) is 4.98 Å². The third-order valence-electron chi connectivity index (χ3n) is 5.48. The van der Waals surface area contributed by atoms with Crippen molar-refractivity contribution in [3.63, 3.8) is 0 Å². The van der Waals surface area contributed by atoms with Crippen molar-refractivity contribution in [2.45, 2.75) is 11.0 Å². The van der Waals surface area contributed by atoms with Crippen LogP contribution in [0.2, 0.25) is 0 Å². The molecule has 1 aromatic heterocycles. The molecule has 0 radical (unpaired) electrons. The SMILES string of the molecule is COc1ccc(/C=C/C(=O)OC(c2ccccc2)c2ccccn2)cc1S(=O)(=O)N1CCOCC1. The molecule has 9 heteroatoms. The first-order valence-electron chi connectivity index (χ1n) is 11.1. The van der Waals surface area contributed by atoms with Gasteiger partial charge in [0.05, 0.1) is 26.0 Å². The lowest BCUT2D eigenvalue weighted by Gasteiger charge is -2.26. The largest absolute Gasteiger partial charge is 0.495 e. The van der Waals surface area contributed by atoms with Crippen LogP contribution in [-0.2, 0) is 24.3 Å². The van der Waals surface area contributed by atoms with Crippen molar-refractivity contribution in [2.75, 3.05) is 33.4 Å². The minimum absolute atomic E-state index is 0.0352. The Balaban J connectivity index is 1.56. The van der Waals surface area contributed by atoms with Gasteiger partial charge in [0, 0.05) is 25.4 Å². The predicted octanol–water partition coefficient (Wildman–Crippen LogP) is 3.46. The van der Waals surface area contributed by atoms with Crippen LogP contribution in [0.1, 0.15) is 22.9 Å². The molecule has 1 aliphatic rings. The van der Waals surface area contributed by atoms with Crippen LogP contribution in [0.3, 0.4) is 0 Å². The molecule has 0 saturated carbocycles. The molecule has 35 heavy (non-hydrogen) atoms. The molecule has 8 nitrogen and oxygen atoms in total. The summed E-state index contributed by atoms with van der Waals surface area (Å²) in [4.78, 5) is 17.1. The van der Waals surface area contributed by atoms with Crippen LogP contribution in [0, 0.1) is 0 Å². The predicted molar refractivity (Wildman–Crippen MR) is 130 cm³/mol. The second-order valence-electron chi connectivity index (χ2n) is 7.74. The van der Waals surface area contributed by atoms with Gasteiger partial charge in [0.1, 0.15) is 10.6 Å². The Kier molecular flexibility index (Phi) is 7.91. The molecule has 182 valence electrons. The monoisotopic (exact) mass is 494 g/mol. The molecule has 4 rings (SSSR count). The molecule has 0 N–H and O–H groups in total. The fourth-order valence-electron chi connectivity index (χ4n) is 3.70. The fourth-order valence-corrected chi connectivity index (χ4v) is 5.30. The number of pyridine rings is 1. The summed E-state index contributed by atoms with van der Waals surface area (Å²) in [6, 6.07) is 19.5. The van der Waals surface area contributed by atoms with E-state index in [2.05, 4.69) is 4.98 Å². The lowest BCUT2D eigenvalue weighted by molar-refractivity contribution is -0.141. The zero-order chi connectivity index (χ0) is 24.7. The van der Waals surface area contributed by atoms with Gasteiger partial charge < -0.3 is 14.2 Å². The van der Waals surface area contributed by atoms with E-state index >= 15 is 0 Å². The van der Waals surface area contributed by atoms with Crippen molar-refractivity contribution >= 4 is 22.1 Å². The van der Waals surface area contributed by atoms with E-state index in [-0.39, 0.29) is 23.7 Å². The Morgan fingerprint density at radius 1 is 1.06 bits per heavy atom. The van der Waals surface area contributed by atoms with E-state index in [4.69, 9.17) is 14.2 Å². The number of esters is 1. The third-order valence-corrected chi connectivity index (χ3v) is 7.40. The molecule has 0 amide bonds. The van der Waals surface area contributed by atoms with Crippen molar-refractivity contribution in [1.82, 2.24) is 9.29 Å². The first-order valence-corrected chi connectivity index (χ1v) is 12.5. The molecule has 1 unspecified atom stereocenters. The van der Waals surface area contributed by atoms with Gasteiger partial charge in [-0.25, -0.2) is 13.2 Å². The number of rotatable bonds is 8. The van der Waals surface area contributed by atoms with Gasteiger partial charge in [-0.2, -0.15) is 4.31 Å². The average molecular weight is 495 g/mol. The first-order chi connectivity index (χ1) is 17.0. The Morgan fingerprint density at radius 3 is 2.49 bits per heavy atom. The first kappa shape index (κ1) is 24.6. The smallest absolute Gasteiger partial charge is 0.331 e. The second-order valence-corrected chi connectivity index (χ2v) is 9.65. The number of carbonyl (C=O) groups is 1. The van der Waals surface area contributed by atoms with Crippen molar-refractivity contribution in [3.8, 4) is 5.75 Å². The number of ether oxygens (including phenoxy) is 3. The van der Waals surface area contributed by atoms with E-state index in [9.17, 15) is 13.2 Å². The maximum absolute atomic E-state index is 13.2. The van der Waals surface area contributed by atoms with E-state index in [1.807, 2.05) is 36.4 Å². The zero-order valence-corrected chi connectivity index (χ0v) is 20.1. The van der Waals surface area contributed by atoms with Crippen molar-refractivity contribution in [1.29, 1.82) is 0 Å². The number of morpholine rings is 1. The maximum atomic E-state index is 13.2. The van der Waals surface area contributed by atoms with E-state index in [0.717, 1.165) is 5.56 Å². The van der Waals surface area contributed by atoms with Crippen LogP contribution in [-0.4, -0.2) is 57.1 Å². The zero-order valence-electron chi connectivity index (χ0n) is 19.2. The molecule has 1 atom stereocenters. The standard InChI is InChI=1S/C26H26N2O6S/c1-32-23-12-10-20(19-24(23)35(30,31)28-15-17-33-18-16-28)11-13-25(29)34-26(21-7-3-2-4-8-21)22-9-5-6-14-27-22/h2-14,19,26H,15-18H2,1H3/b13-11+. The Hall–Kier alpha value is -3.53. The van der Waals surface area contributed by atoms with Gasteiger partial charge in [0.2, 0.25) is 10.0 Å². The van der Waals surface area contributed by atoms with Gasteiger partial charge in [0.25, 0.3) is 0 Å². The molecule has 2 heterocycles. The normalized spacial score (nSPS) is 15.6. The number of methoxy groups -OCH3 is 1. The lowest BCUT2D eigenvalue weighted by Crippen LogP contribution is -2.40. The highest BCUT2D eigenvalue weighted by molar-refractivity contribution is 7.89. The highest BCUT2D eigenvalue weighted by Gasteiger charge is 2.29. The summed E-state index contributed by atoms with van der Waals surface area (Å²) < 4.78 is 44.0. The topological polar surface area (TPSA) is 95.0 Å². The summed E-state index contributed by atoms with van der Waals surface area (Å²) in [6.07, 6.45) is 3.75. The van der Waals surface area contributed by atoms with Crippen LogP contribution in [0.4, 0.5) is 0 Å². The number of hydrogen-bond acceptors (Lipinski definition) is 7. The van der Waals surface area contributed by atoms with E-state index in [0.29, 0.717) is 24.5 Å². The van der Waals surface area contributed by atoms with Crippen molar-refractivity contribution < 1.29 is 27.4 Å². The van der Waals surface area contributed by atoms with Crippen LogP contribution >= 0.6 is 0 Å². The van der Waals surface area contributed by atoms with Gasteiger partial charge in [-0.05, 0) is 41.5 Å². The molecule has 2 aromatic carbocycles. The summed E-state index contributed by atoms with van der Waals surface area (Å²) in [5.41, 5.74) is 1.91. The summed E-state index contributed by atoms with van der Waals surface area (Å²) in [6.45, 7) is 1.22. The van der Waals surface area contributed by atoms with Crippen LogP contribution < -0.4 is 4.74 Å². The molecule has 1 aliphatic heterocycles. The highest BCUT2D eigenvalue weighted by Crippen LogP contribution is 2.29. The maximum Gasteiger partial charge on any atom is 0.331 e. The van der Waals surface area contributed by atoms with Crippen LogP contribution in [0.25, 0.3) is 6.08 Å². The molecular weight excluding hydrogens is 468 g/mol. The molecule has 1 saturated heterocycles. The number of aromatic nitrogens is 1. The Bertz CT molecular complexity index is 1230. The Morgan fingerprint density at radius 2 is 1.80 bits per heavy atom. The summed E-state index contributed by atoms with van der Waals surface area (Å²) in [5.74, 6) is -0.353. The van der Waals surface area contributed by atoms with E-state index < -0.39 is 22.1 Å². The van der Waals surface area contributed by atoms with Gasteiger partial charge >= 0.3 is 5.97 Å². The van der Waals surface area contributed by atoms with Gasteiger partial charge in [-0.1, -0.05) is 42.5 Å². The summed E-state index contributed by atoms with van der Waals surface area (Å²) in [7, 11) is -2.37.